The van der Waals surface area contributed by atoms with Crippen molar-refractivity contribution in [1.82, 2.24) is 4.90 Å². The first-order chi connectivity index (χ1) is 10.3. The van der Waals surface area contributed by atoms with Crippen molar-refractivity contribution < 1.29 is 19.0 Å². The molecule has 5 heteroatoms. The molecule has 2 rings (SSSR count). The Morgan fingerprint density at radius 1 is 1.50 bits per heavy atom. The molecule has 2 atom stereocenters. The number of hydrogen-bond acceptors (Lipinski definition) is 3. The summed E-state index contributed by atoms with van der Waals surface area (Å²) >= 11 is 0. The van der Waals surface area contributed by atoms with Crippen molar-refractivity contribution in [2.75, 3.05) is 6.54 Å². The van der Waals surface area contributed by atoms with Gasteiger partial charge in [-0.25, -0.2) is 9.18 Å². The lowest BCUT2D eigenvalue weighted by Gasteiger charge is -2.29. The molecule has 0 bridgehead atoms. The van der Waals surface area contributed by atoms with Gasteiger partial charge in [0.05, 0.1) is 6.10 Å². The van der Waals surface area contributed by atoms with Gasteiger partial charge in [-0.1, -0.05) is 12.1 Å². The van der Waals surface area contributed by atoms with Crippen molar-refractivity contribution in [2.45, 2.75) is 57.8 Å². The smallest absolute Gasteiger partial charge is 0.410 e. The van der Waals surface area contributed by atoms with Gasteiger partial charge in [-0.05, 0) is 57.7 Å². The molecule has 1 amide bonds. The fourth-order valence-electron chi connectivity index (χ4n) is 2.75. The minimum absolute atomic E-state index is 0.0758. The van der Waals surface area contributed by atoms with Gasteiger partial charge in [0.15, 0.2) is 0 Å². The second-order valence-corrected chi connectivity index (χ2v) is 6.78. The third-order valence-electron chi connectivity index (χ3n) is 3.73. The molecule has 4 nitrogen and oxygen atoms in total. The normalized spacial score (nSPS) is 20.0. The molecule has 0 spiro atoms. The number of carbonyl (C=O) groups is 1. The summed E-state index contributed by atoms with van der Waals surface area (Å²) in [5.41, 5.74) is 0.00169. The van der Waals surface area contributed by atoms with E-state index in [1.165, 1.54) is 12.1 Å². The van der Waals surface area contributed by atoms with Gasteiger partial charge in [0.1, 0.15) is 11.4 Å². The molecule has 0 aliphatic carbocycles. The lowest BCUT2D eigenvalue weighted by Crippen LogP contribution is -2.40. The highest BCUT2D eigenvalue weighted by atomic mass is 19.1. The summed E-state index contributed by atoms with van der Waals surface area (Å²) in [5, 5.41) is 10.3. The standard InChI is InChI=1S/C17H24FNO3/c1-17(2,3)22-16(21)19-9-5-8-14(19)11-15(20)12-6-4-7-13(18)10-12/h4,6-7,10,14-15,20H,5,8-9,11H2,1-3H3. The number of nitrogens with zero attached hydrogens (tertiary/aromatic N) is 1. The van der Waals surface area contributed by atoms with E-state index in [4.69, 9.17) is 4.74 Å². The van der Waals surface area contributed by atoms with Crippen molar-refractivity contribution in [3.63, 3.8) is 0 Å². The van der Waals surface area contributed by atoms with Crippen LogP contribution in [0.1, 0.15) is 51.7 Å². The third-order valence-corrected chi connectivity index (χ3v) is 3.73. The summed E-state index contributed by atoms with van der Waals surface area (Å²) in [6.07, 6.45) is 0.971. The summed E-state index contributed by atoms with van der Waals surface area (Å²) in [6, 6.07) is 5.87. The number of amides is 1. The number of carbonyl (C=O) groups excluding carboxylic acids is 1. The molecule has 1 aliphatic heterocycles. The molecule has 1 aliphatic rings. The molecule has 1 aromatic carbocycles. The molecule has 0 aromatic heterocycles. The van der Waals surface area contributed by atoms with E-state index < -0.39 is 11.7 Å². The zero-order valence-corrected chi connectivity index (χ0v) is 13.4. The Morgan fingerprint density at radius 3 is 2.86 bits per heavy atom. The summed E-state index contributed by atoms with van der Waals surface area (Å²) in [4.78, 5) is 13.9. The molecule has 1 fully saturated rings. The van der Waals surface area contributed by atoms with E-state index in [0.29, 0.717) is 18.5 Å². The Labute approximate surface area is 130 Å². The lowest BCUT2D eigenvalue weighted by atomic mass is 10.0. The van der Waals surface area contributed by atoms with E-state index >= 15 is 0 Å². The van der Waals surface area contributed by atoms with Gasteiger partial charge in [0.2, 0.25) is 0 Å². The molecule has 22 heavy (non-hydrogen) atoms. The van der Waals surface area contributed by atoms with E-state index in [9.17, 15) is 14.3 Å². The van der Waals surface area contributed by atoms with Crippen molar-refractivity contribution in [3.05, 3.63) is 35.6 Å². The highest BCUT2D eigenvalue weighted by Gasteiger charge is 2.33. The fraction of sp³-hybridized carbons (Fsp3) is 0.588. The Balaban J connectivity index is 2.00. The summed E-state index contributed by atoms with van der Waals surface area (Å²) in [7, 11) is 0. The third kappa shape index (κ3) is 4.44. The van der Waals surface area contributed by atoms with E-state index in [1.54, 1.807) is 17.0 Å². The largest absolute Gasteiger partial charge is 0.444 e. The van der Waals surface area contributed by atoms with Crippen LogP contribution >= 0.6 is 0 Å². The maximum Gasteiger partial charge on any atom is 0.410 e. The SMILES string of the molecule is CC(C)(C)OC(=O)N1CCCC1CC(O)c1cccc(F)c1. The van der Waals surface area contributed by atoms with Crippen LogP contribution in [0.3, 0.4) is 0 Å². The predicted octanol–water partition coefficient (Wildman–Crippen LogP) is 3.65. The average Bonchev–Trinajstić information content (AvgIpc) is 2.85. The monoisotopic (exact) mass is 309 g/mol. The van der Waals surface area contributed by atoms with Crippen LogP contribution in [0.5, 0.6) is 0 Å². The molecule has 1 saturated heterocycles. The van der Waals surface area contributed by atoms with E-state index in [0.717, 1.165) is 12.8 Å². The first kappa shape index (κ1) is 16.7. The van der Waals surface area contributed by atoms with Gasteiger partial charge < -0.3 is 14.7 Å². The van der Waals surface area contributed by atoms with Gasteiger partial charge in [-0.15, -0.1) is 0 Å². The van der Waals surface area contributed by atoms with Crippen molar-refractivity contribution in [3.8, 4) is 0 Å². The van der Waals surface area contributed by atoms with Crippen molar-refractivity contribution in [1.29, 1.82) is 0 Å². The Hall–Kier alpha value is -1.62. The second kappa shape index (κ2) is 6.65. The van der Waals surface area contributed by atoms with Crippen LogP contribution in [0.2, 0.25) is 0 Å². The molecular formula is C17H24FNO3. The van der Waals surface area contributed by atoms with E-state index in [-0.39, 0.29) is 18.0 Å². The number of aliphatic hydroxyl groups is 1. The first-order valence-electron chi connectivity index (χ1n) is 7.69. The maximum absolute atomic E-state index is 13.2. The summed E-state index contributed by atoms with van der Waals surface area (Å²) < 4.78 is 18.6. The molecule has 1 heterocycles. The van der Waals surface area contributed by atoms with Gasteiger partial charge in [0.25, 0.3) is 0 Å². The number of halogens is 1. The highest BCUT2D eigenvalue weighted by molar-refractivity contribution is 5.68. The topological polar surface area (TPSA) is 49.8 Å². The molecule has 2 unspecified atom stereocenters. The number of aliphatic hydroxyl groups excluding tert-OH is 1. The van der Waals surface area contributed by atoms with Crippen LogP contribution in [-0.4, -0.2) is 34.3 Å². The van der Waals surface area contributed by atoms with Crippen LogP contribution in [0.25, 0.3) is 0 Å². The minimum atomic E-state index is -0.788. The lowest BCUT2D eigenvalue weighted by molar-refractivity contribution is 0.0178. The zero-order valence-electron chi connectivity index (χ0n) is 13.4. The fourth-order valence-corrected chi connectivity index (χ4v) is 2.75. The van der Waals surface area contributed by atoms with Gasteiger partial charge in [-0.2, -0.15) is 0 Å². The minimum Gasteiger partial charge on any atom is -0.444 e. The molecule has 1 N–H and O–H groups in total. The molecule has 1 aromatic rings. The zero-order chi connectivity index (χ0) is 16.3. The van der Waals surface area contributed by atoms with Gasteiger partial charge in [0, 0.05) is 12.6 Å². The molecule has 122 valence electrons. The Bertz CT molecular complexity index is 527. The maximum atomic E-state index is 13.2. The number of rotatable bonds is 3. The number of ether oxygens (including phenoxy) is 1. The van der Waals surface area contributed by atoms with Crippen LogP contribution in [-0.2, 0) is 4.74 Å². The van der Waals surface area contributed by atoms with Crippen LogP contribution in [0.15, 0.2) is 24.3 Å². The van der Waals surface area contributed by atoms with Crippen LogP contribution < -0.4 is 0 Å². The average molecular weight is 309 g/mol. The van der Waals surface area contributed by atoms with E-state index in [1.807, 2.05) is 20.8 Å². The Morgan fingerprint density at radius 2 is 2.23 bits per heavy atom. The van der Waals surface area contributed by atoms with Gasteiger partial charge >= 0.3 is 6.09 Å². The van der Waals surface area contributed by atoms with Crippen molar-refractivity contribution in [2.24, 2.45) is 0 Å². The van der Waals surface area contributed by atoms with E-state index in [2.05, 4.69) is 0 Å². The highest BCUT2D eigenvalue weighted by Crippen LogP contribution is 2.28. The summed E-state index contributed by atoms with van der Waals surface area (Å²) in [5.74, 6) is -0.369. The summed E-state index contributed by atoms with van der Waals surface area (Å²) in [6.45, 7) is 6.13. The first-order valence-corrected chi connectivity index (χ1v) is 7.69. The van der Waals surface area contributed by atoms with Crippen molar-refractivity contribution >= 4 is 6.09 Å². The quantitative estimate of drug-likeness (QED) is 0.927. The Kier molecular flexibility index (Phi) is 5.06. The van der Waals surface area contributed by atoms with Gasteiger partial charge in [-0.3, -0.25) is 0 Å². The molecular weight excluding hydrogens is 285 g/mol. The number of benzene rings is 1. The van der Waals surface area contributed by atoms with Crippen LogP contribution in [0.4, 0.5) is 9.18 Å². The molecule has 0 saturated carbocycles. The predicted molar refractivity (Wildman–Crippen MR) is 81.9 cm³/mol. The number of likely N-dealkylation sites (tertiary alicyclic amines) is 1. The second-order valence-electron chi connectivity index (χ2n) is 6.78. The number of hydrogen-bond donors (Lipinski definition) is 1. The molecule has 0 radical (unpaired) electrons. The van der Waals surface area contributed by atoms with Crippen LogP contribution in [0, 0.1) is 5.82 Å².